The third-order valence-corrected chi connectivity index (χ3v) is 4.21. The van der Waals surface area contributed by atoms with Gasteiger partial charge in [-0.2, -0.15) is 11.8 Å². The number of benzene rings is 1. The first kappa shape index (κ1) is 12.7. The van der Waals surface area contributed by atoms with Gasteiger partial charge in [0, 0.05) is 37.7 Å². The summed E-state index contributed by atoms with van der Waals surface area (Å²) in [4.78, 5) is 2.00. The van der Waals surface area contributed by atoms with Gasteiger partial charge in [-0.3, -0.25) is 0 Å². The lowest BCUT2D eigenvalue weighted by molar-refractivity contribution is 0.527. The maximum atomic E-state index is 13.5. The van der Waals surface area contributed by atoms with E-state index < -0.39 is 0 Å². The van der Waals surface area contributed by atoms with Gasteiger partial charge in [-0.15, -0.1) is 0 Å². The number of rotatable bonds is 4. The molecule has 0 saturated carbocycles. The molecule has 2 rings (SSSR count). The molecule has 1 fully saturated rings. The van der Waals surface area contributed by atoms with Crippen LogP contribution in [0.1, 0.15) is 6.42 Å². The Morgan fingerprint density at radius 1 is 1.47 bits per heavy atom. The van der Waals surface area contributed by atoms with Gasteiger partial charge in [-0.25, -0.2) is 4.39 Å². The molecule has 1 aliphatic heterocycles. The predicted molar refractivity (Wildman–Crippen MR) is 73.4 cm³/mol. The molecule has 0 radical (unpaired) electrons. The zero-order valence-corrected chi connectivity index (χ0v) is 11.0. The Bertz CT molecular complexity index is 353. The number of halogens is 1. The number of anilines is 1. The van der Waals surface area contributed by atoms with E-state index in [2.05, 4.69) is 5.32 Å². The summed E-state index contributed by atoms with van der Waals surface area (Å²) in [6.07, 6.45) is 1.07. The van der Waals surface area contributed by atoms with Crippen LogP contribution in [0.3, 0.4) is 0 Å². The largest absolute Gasteiger partial charge is 0.372 e. The Balaban J connectivity index is 1.84. The molecule has 2 nitrogen and oxygen atoms in total. The van der Waals surface area contributed by atoms with Crippen LogP contribution in [0.2, 0.25) is 0 Å². The van der Waals surface area contributed by atoms with Crippen molar-refractivity contribution in [1.82, 2.24) is 5.32 Å². The minimum atomic E-state index is -0.138. The summed E-state index contributed by atoms with van der Waals surface area (Å²) < 4.78 is 13.5. The summed E-state index contributed by atoms with van der Waals surface area (Å²) >= 11 is 2.00. The monoisotopic (exact) mass is 254 g/mol. The van der Waals surface area contributed by atoms with E-state index in [1.807, 2.05) is 35.8 Å². The second-order valence-electron chi connectivity index (χ2n) is 4.39. The molecule has 4 heteroatoms. The normalized spacial score (nSPS) is 20.2. The van der Waals surface area contributed by atoms with E-state index in [0.717, 1.165) is 19.5 Å². The van der Waals surface area contributed by atoms with Gasteiger partial charge in [-0.1, -0.05) is 12.1 Å². The van der Waals surface area contributed by atoms with Crippen LogP contribution in [0.25, 0.3) is 0 Å². The van der Waals surface area contributed by atoms with Crippen molar-refractivity contribution < 1.29 is 4.39 Å². The zero-order valence-electron chi connectivity index (χ0n) is 10.2. The smallest absolute Gasteiger partial charge is 0.146 e. The quantitative estimate of drug-likeness (QED) is 0.888. The van der Waals surface area contributed by atoms with E-state index in [0.29, 0.717) is 11.7 Å². The molecule has 1 aliphatic rings. The first-order valence-electron chi connectivity index (χ1n) is 6.04. The molecule has 1 atom stereocenters. The molecule has 0 aromatic heterocycles. The molecule has 1 aromatic rings. The number of thioether (sulfide) groups is 1. The second kappa shape index (κ2) is 6.26. The fourth-order valence-corrected chi connectivity index (χ4v) is 3.03. The minimum absolute atomic E-state index is 0.138. The molecule has 94 valence electrons. The molecule has 0 aliphatic carbocycles. The molecule has 1 N–H and O–H groups in total. The summed E-state index contributed by atoms with van der Waals surface area (Å²) in [5.74, 6) is 2.24. The molecule has 0 amide bonds. The highest BCUT2D eigenvalue weighted by molar-refractivity contribution is 7.99. The van der Waals surface area contributed by atoms with Crippen molar-refractivity contribution in [3.05, 3.63) is 30.1 Å². The fraction of sp³-hybridized carbons (Fsp3) is 0.538. The van der Waals surface area contributed by atoms with Gasteiger partial charge in [0.25, 0.3) is 0 Å². The van der Waals surface area contributed by atoms with Crippen molar-refractivity contribution in [2.45, 2.75) is 12.5 Å². The summed E-state index contributed by atoms with van der Waals surface area (Å²) in [6, 6.07) is 7.53. The SMILES string of the molecule is CN(CCC1CSCCN1)c1ccccc1F. The number of nitrogens with one attached hydrogen (secondary N) is 1. The maximum Gasteiger partial charge on any atom is 0.146 e. The summed E-state index contributed by atoms with van der Waals surface area (Å²) in [6.45, 7) is 1.98. The zero-order chi connectivity index (χ0) is 12.1. The molecular weight excluding hydrogens is 235 g/mol. The van der Waals surface area contributed by atoms with E-state index >= 15 is 0 Å². The van der Waals surface area contributed by atoms with Gasteiger partial charge in [0.05, 0.1) is 5.69 Å². The molecule has 1 saturated heterocycles. The van der Waals surface area contributed by atoms with E-state index in [1.165, 1.54) is 17.6 Å². The van der Waals surface area contributed by atoms with Crippen molar-refractivity contribution in [3.63, 3.8) is 0 Å². The topological polar surface area (TPSA) is 15.3 Å². The van der Waals surface area contributed by atoms with Crippen molar-refractivity contribution in [3.8, 4) is 0 Å². The molecule has 0 spiro atoms. The molecule has 17 heavy (non-hydrogen) atoms. The van der Waals surface area contributed by atoms with Gasteiger partial charge in [-0.05, 0) is 18.6 Å². The van der Waals surface area contributed by atoms with Crippen LogP contribution in [0.15, 0.2) is 24.3 Å². The number of hydrogen-bond acceptors (Lipinski definition) is 3. The third-order valence-electron chi connectivity index (χ3n) is 3.08. The highest BCUT2D eigenvalue weighted by atomic mass is 32.2. The molecule has 0 bridgehead atoms. The Labute approximate surface area is 107 Å². The van der Waals surface area contributed by atoms with Crippen LogP contribution < -0.4 is 10.2 Å². The molecule has 1 aromatic carbocycles. The highest BCUT2D eigenvalue weighted by Gasteiger charge is 2.14. The third kappa shape index (κ3) is 3.61. The van der Waals surface area contributed by atoms with Gasteiger partial charge in [0.1, 0.15) is 5.82 Å². The summed E-state index contributed by atoms with van der Waals surface area (Å²) in [5, 5.41) is 3.50. The Hall–Kier alpha value is -0.740. The number of para-hydroxylation sites is 1. The summed E-state index contributed by atoms with van der Waals surface area (Å²) in [7, 11) is 1.95. The van der Waals surface area contributed by atoms with Crippen LogP contribution in [0.4, 0.5) is 10.1 Å². The lowest BCUT2D eigenvalue weighted by Gasteiger charge is -2.26. The van der Waals surface area contributed by atoms with E-state index in [1.54, 1.807) is 6.07 Å². The van der Waals surface area contributed by atoms with Crippen molar-refractivity contribution in [2.24, 2.45) is 0 Å². The van der Waals surface area contributed by atoms with Crippen LogP contribution >= 0.6 is 11.8 Å². The fourth-order valence-electron chi connectivity index (χ4n) is 2.04. The van der Waals surface area contributed by atoms with Gasteiger partial charge < -0.3 is 10.2 Å². The minimum Gasteiger partial charge on any atom is -0.372 e. The Morgan fingerprint density at radius 2 is 2.29 bits per heavy atom. The Kier molecular flexibility index (Phi) is 4.68. The van der Waals surface area contributed by atoms with E-state index in [4.69, 9.17) is 0 Å². The maximum absolute atomic E-state index is 13.5. The Morgan fingerprint density at radius 3 is 3.00 bits per heavy atom. The van der Waals surface area contributed by atoms with Gasteiger partial charge in [0.2, 0.25) is 0 Å². The number of nitrogens with zero attached hydrogens (tertiary/aromatic N) is 1. The first-order chi connectivity index (χ1) is 8.27. The van der Waals surface area contributed by atoms with Crippen molar-refractivity contribution >= 4 is 17.4 Å². The van der Waals surface area contributed by atoms with Crippen molar-refractivity contribution in [1.29, 1.82) is 0 Å². The van der Waals surface area contributed by atoms with Crippen LogP contribution in [-0.4, -0.2) is 37.7 Å². The number of hydrogen-bond donors (Lipinski definition) is 1. The lowest BCUT2D eigenvalue weighted by atomic mass is 10.2. The highest BCUT2D eigenvalue weighted by Crippen LogP contribution is 2.18. The van der Waals surface area contributed by atoms with Crippen molar-refractivity contribution in [2.75, 3.05) is 36.5 Å². The van der Waals surface area contributed by atoms with Crippen LogP contribution in [0, 0.1) is 5.82 Å². The lowest BCUT2D eigenvalue weighted by Crippen LogP contribution is -2.39. The van der Waals surface area contributed by atoms with Crippen LogP contribution in [-0.2, 0) is 0 Å². The standard InChI is InChI=1S/C13H19FN2S/c1-16(13-5-3-2-4-12(13)14)8-6-11-10-17-9-7-15-11/h2-5,11,15H,6-10H2,1H3. The molecule has 1 heterocycles. The average molecular weight is 254 g/mol. The average Bonchev–Trinajstić information content (AvgIpc) is 2.38. The second-order valence-corrected chi connectivity index (χ2v) is 5.54. The first-order valence-corrected chi connectivity index (χ1v) is 7.19. The van der Waals surface area contributed by atoms with Gasteiger partial charge >= 0.3 is 0 Å². The molecular formula is C13H19FN2S. The van der Waals surface area contributed by atoms with Gasteiger partial charge in [0.15, 0.2) is 0 Å². The van der Waals surface area contributed by atoms with E-state index in [9.17, 15) is 4.39 Å². The molecule has 1 unspecified atom stereocenters. The van der Waals surface area contributed by atoms with E-state index in [-0.39, 0.29) is 5.82 Å². The summed E-state index contributed by atoms with van der Waals surface area (Å²) in [5.41, 5.74) is 0.691. The predicted octanol–water partition coefficient (Wildman–Crippen LogP) is 2.36. The van der Waals surface area contributed by atoms with Crippen LogP contribution in [0.5, 0.6) is 0 Å².